The van der Waals surface area contributed by atoms with Gasteiger partial charge in [0.25, 0.3) is 0 Å². The van der Waals surface area contributed by atoms with Crippen molar-refractivity contribution in [2.45, 2.75) is 119 Å². The second kappa shape index (κ2) is 16.3. The maximum atomic E-state index is 12.1. The fourth-order valence-corrected chi connectivity index (χ4v) is 5.59. The Hall–Kier alpha value is -0.410. The van der Waals surface area contributed by atoms with Crippen LogP contribution in [0.4, 0.5) is 0 Å². The van der Waals surface area contributed by atoms with Crippen molar-refractivity contribution < 1.29 is 4.79 Å². The molecule has 2 aliphatic rings. The zero-order chi connectivity index (χ0) is 24.1. The van der Waals surface area contributed by atoms with Crippen LogP contribution in [0.3, 0.4) is 0 Å². The Kier molecular flexibility index (Phi) is 15.0. The fraction of sp³-hybridized carbons (Fsp3) is 0.966. The Labute approximate surface area is 202 Å². The van der Waals surface area contributed by atoms with Gasteiger partial charge in [0.15, 0.2) is 0 Å². The predicted octanol–water partition coefficient (Wildman–Crippen LogP) is 7.29. The van der Waals surface area contributed by atoms with E-state index in [1.165, 1.54) is 64.6 Å². The number of piperidine rings is 2. The third-order valence-electron chi connectivity index (χ3n) is 8.05. The van der Waals surface area contributed by atoms with E-state index in [9.17, 15) is 4.79 Å². The number of likely N-dealkylation sites (tertiary alicyclic amines) is 2. The molecule has 0 bridgehead atoms. The molecule has 0 aromatic rings. The van der Waals surface area contributed by atoms with Crippen molar-refractivity contribution in [1.29, 1.82) is 0 Å². The minimum Gasteiger partial charge on any atom is -0.303 e. The Morgan fingerprint density at radius 3 is 1.75 bits per heavy atom. The van der Waals surface area contributed by atoms with E-state index in [1.807, 2.05) is 13.8 Å². The molecular weight excluding hydrogens is 392 g/mol. The lowest BCUT2D eigenvalue weighted by molar-refractivity contribution is -0.127. The van der Waals surface area contributed by atoms with Crippen LogP contribution in [0, 0.1) is 29.6 Å². The molecule has 2 aliphatic heterocycles. The minimum atomic E-state index is 0.211. The van der Waals surface area contributed by atoms with E-state index in [4.69, 9.17) is 0 Å². The van der Waals surface area contributed by atoms with E-state index < -0.39 is 0 Å². The molecule has 3 heteroatoms. The van der Waals surface area contributed by atoms with Gasteiger partial charge in [-0.2, -0.15) is 0 Å². The summed E-state index contributed by atoms with van der Waals surface area (Å²) >= 11 is 0. The topological polar surface area (TPSA) is 23.6 Å². The van der Waals surface area contributed by atoms with Crippen molar-refractivity contribution in [2.24, 2.45) is 29.6 Å². The van der Waals surface area contributed by atoms with E-state index in [-0.39, 0.29) is 5.92 Å². The van der Waals surface area contributed by atoms with Crippen molar-refractivity contribution in [3.8, 4) is 0 Å². The summed E-state index contributed by atoms with van der Waals surface area (Å²) in [6.07, 6.45) is 11.8. The summed E-state index contributed by atoms with van der Waals surface area (Å²) < 4.78 is 0. The summed E-state index contributed by atoms with van der Waals surface area (Å²) in [5, 5.41) is 0. The van der Waals surface area contributed by atoms with Crippen LogP contribution < -0.4 is 0 Å². The van der Waals surface area contributed by atoms with Crippen molar-refractivity contribution in [1.82, 2.24) is 9.80 Å². The standard InChI is InChI=1S/C19H36N2O.C10H22/c1-15(2)19(22)18-8-11-20(12-9-18)10-5-17-6-13-21(14-7-17)16(3)4;1-5-7-10(8-6-2)9(3)4/h15-18H,5-14H2,1-4H3;9-10H,5-8H2,1-4H3. The van der Waals surface area contributed by atoms with Crippen LogP contribution in [0.2, 0.25) is 0 Å². The van der Waals surface area contributed by atoms with Crippen LogP contribution in [-0.4, -0.2) is 54.3 Å². The summed E-state index contributed by atoms with van der Waals surface area (Å²) in [5.41, 5.74) is 0. The molecule has 3 nitrogen and oxygen atoms in total. The van der Waals surface area contributed by atoms with E-state index in [0.29, 0.717) is 17.7 Å². The molecular formula is C29H58N2O. The molecule has 0 amide bonds. The van der Waals surface area contributed by atoms with E-state index in [2.05, 4.69) is 51.3 Å². The number of rotatable bonds is 11. The zero-order valence-corrected chi connectivity index (χ0v) is 23.2. The van der Waals surface area contributed by atoms with Crippen molar-refractivity contribution in [3.63, 3.8) is 0 Å². The van der Waals surface area contributed by atoms with Gasteiger partial charge < -0.3 is 9.80 Å². The Balaban J connectivity index is 0.000000433. The summed E-state index contributed by atoms with van der Waals surface area (Å²) in [7, 11) is 0. The molecule has 2 rings (SSSR count). The molecule has 0 aromatic carbocycles. The average Bonchev–Trinajstić information content (AvgIpc) is 2.78. The summed E-state index contributed by atoms with van der Waals surface area (Å²) in [4.78, 5) is 17.3. The minimum absolute atomic E-state index is 0.211. The molecule has 32 heavy (non-hydrogen) atoms. The number of nitrogens with zero attached hydrogens (tertiary/aromatic N) is 2. The number of Topliss-reactive ketones (excluding diaryl/α,β-unsaturated/α-hetero) is 1. The molecule has 0 saturated carbocycles. The number of carbonyl (C=O) groups is 1. The molecule has 0 atom stereocenters. The van der Waals surface area contributed by atoms with Gasteiger partial charge in [-0.1, -0.05) is 67.2 Å². The zero-order valence-electron chi connectivity index (χ0n) is 23.2. The average molecular weight is 451 g/mol. The number of carbonyl (C=O) groups excluding carboxylic acids is 1. The maximum Gasteiger partial charge on any atom is 0.138 e. The first-order chi connectivity index (χ1) is 15.2. The summed E-state index contributed by atoms with van der Waals surface area (Å²) in [6.45, 7) is 24.0. The van der Waals surface area contributed by atoms with Crippen LogP contribution >= 0.6 is 0 Å². The largest absolute Gasteiger partial charge is 0.303 e. The number of hydrogen-bond donors (Lipinski definition) is 0. The van der Waals surface area contributed by atoms with Gasteiger partial charge in [0.05, 0.1) is 0 Å². The highest BCUT2D eigenvalue weighted by Crippen LogP contribution is 2.25. The lowest BCUT2D eigenvalue weighted by Gasteiger charge is -2.36. The van der Waals surface area contributed by atoms with Gasteiger partial charge in [-0.15, -0.1) is 0 Å². The molecule has 190 valence electrons. The smallest absolute Gasteiger partial charge is 0.138 e. The van der Waals surface area contributed by atoms with Crippen LogP contribution in [0.5, 0.6) is 0 Å². The quantitative estimate of drug-likeness (QED) is 0.330. The Morgan fingerprint density at radius 2 is 1.34 bits per heavy atom. The van der Waals surface area contributed by atoms with E-state index in [0.717, 1.165) is 43.7 Å². The van der Waals surface area contributed by atoms with E-state index >= 15 is 0 Å². The van der Waals surface area contributed by atoms with Crippen molar-refractivity contribution in [2.75, 3.05) is 32.7 Å². The normalized spacial score (nSPS) is 19.8. The fourth-order valence-electron chi connectivity index (χ4n) is 5.59. The molecule has 0 aliphatic carbocycles. The predicted molar refractivity (Wildman–Crippen MR) is 141 cm³/mol. The molecule has 2 heterocycles. The lowest BCUT2D eigenvalue weighted by atomic mass is 9.87. The van der Waals surface area contributed by atoms with Gasteiger partial charge >= 0.3 is 0 Å². The Bertz CT molecular complexity index is 466. The third-order valence-corrected chi connectivity index (χ3v) is 8.05. The highest BCUT2D eigenvalue weighted by Gasteiger charge is 2.27. The molecule has 2 fully saturated rings. The van der Waals surface area contributed by atoms with Crippen LogP contribution in [0.15, 0.2) is 0 Å². The first-order valence-corrected chi connectivity index (χ1v) is 14.2. The van der Waals surface area contributed by atoms with Crippen molar-refractivity contribution in [3.05, 3.63) is 0 Å². The Morgan fingerprint density at radius 1 is 0.812 bits per heavy atom. The monoisotopic (exact) mass is 450 g/mol. The van der Waals surface area contributed by atoms with Gasteiger partial charge in [0.2, 0.25) is 0 Å². The van der Waals surface area contributed by atoms with Crippen LogP contribution in [0.1, 0.15) is 113 Å². The second-order valence-electron chi connectivity index (χ2n) is 11.6. The third kappa shape index (κ3) is 11.1. The van der Waals surface area contributed by atoms with Crippen LogP contribution in [-0.2, 0) is 4.79 Å². The molecule has 0 aromatic heterocycles. The van der Waals surface area contributed by atoms with Gasteiger partial charge in [-0.3, -0.25) is 4.79 Å². The van der Waals surface area contributed by atoms with Crippen molar-refractivity contribution >= 4 is 5.78 Å². The lowest BCUT2D eigenvalue weighted by Crippen LogP contribution is -2.41. The van der Waals surface area contributed by atoms with E-state index in [1.54, 1.807) is 0 Å². The van der Waals surface area contributed by atoms with Gasteiger partial charge in [-0.05, 0) is 96.4 Å². The van der Waals surface area contributed by atoms with Gasteiger partial charge in [0, 0.05) is 17.9 Å². The molecule has 2 saturated heterocycles. The SMILES string of the molecule is CC(C)C(=O)C1CCN(CCC2CCN(C(C)C)CC2)CC1.CCCC(CCC)C(C)C. The van der Waals surface area contributed by atoms with Gasteiger partial charge in [-0.25, -0.2) is 0 Å². The first kappa shape index (κ1) is 29.6. The first-order valence-electron chi connectivity index (χ1n) is 14.2. The summed E-state index contributed by atoms with van der Waals surface area (Å²) in [6, 6.07) is 0.707. The number of hydrogen-bond acceptors (Lipinski definition) is 3. The summed E-state index contributed by atoms with van der Waals surface area (Å²) in [5.74, 6) is 3.83. The molecule has 0 radical (unpaired) electrons. The highest BCUT2D eigenvalue weighted by molar-refractivity contribution is 5.82. The molecule has 0 spiro atoms. The molecule has 0 N–H and O–H groups in total. The molecule has 0 unspecified atom stereocenters. The number of ketones is 1. The van der Waals surface area contributed by atoms with Gasteiger partial charge in [0.1, 0.15) is 5.78 Å². The maximum absolute atomic E-state index is 12.1. The second-order valence-corrected chi connectivity index (χ2v) is 11.6. The van der Waals surface area contributed by atoms with Crippen LogP contribution in [0.25, 0.3) is 0 Å². The highest BCUT2D eigenvalue weighted by atomic mass is 16.1.